The molecule has 0 radical (unpaired) electrons. The van der Waals surface area contributed by atoms with Gasteiger partial charge in [0.25, 0.3) is 0 Å². The van der Waals surface area contributed by atoms with Crippen LogP contribution in [0.3, 0.4) is 0 Å². The molecule has 1 unspecified atom stereocenters. The lowest BCUT2D eigenvalue weighted by Gasteiger charge is -2.30. The van der Waals surface area contributed by atoms with Crippen molar-refractivity contribution < 1.29 is 14.3 Å². The molecule has 3 rings (SSSR count). The van der Waals surface area contributed by atoms with Gasteiger partial charge in [0.1, 0.15) is 0 Å². The van der Waals surface area contributed by atoms with Crippen LogP contribution < -0.4 is 10.7 Å². The van der Waals surface area contributed by atoms with Crippen molar-refractivity contribution in [3.63, 3.8) is 0 Å². The summed E-state index contributed by atoms with van der Waals surface area (Å²) in [6.45, 7) is 2.27. The summed E-state index contributed by atoms with van der Waals surface area (Å²) < 4.78 is 5.22. The highest BCUT2D eigenvalue weighted by atomic mass is 16.5. The Labute approximate surface area is 133 Å². The van der Waals surface area contributed by atoms with E-state index >= 15 is 0 Å². The van der Waals surface area contributed by atoms with E-state index < -0.39 is 6.17 Å². The second-order valence-electron chi connectivity index (χ2n) is 5.17. The maximum atomic E-state index is 12.5. The number of urea groups is 1. The van der Waals surface area contributed by atoms with Gasteiger partial charge in [-0.1, -0.05) is 12.1 Å². The Morgan fingerprint density at radius 2 is 2.13 bits per heavy atom. The van der Waals surface area contributed by atoms with Gasteiger partial charge >= 0.3 is 6.03 Å². The number of aldehydes is 1. The van der Waals surface area contributed by atoms with Crippen LogP contribution in [0.5, 0.6) is 0 Å². The van der Waals surface area contributed by atoms with Crippen LogP contribution in [0.25, 0.3) is 0 Å². The van der Waals surface area contributed by atoms with Gasteiger partial charge in [-0.2, -0.15) is 5.01 Å². The number of benzene rings is 1. The minimum absolute atomic E-state index is 0.355. The van der Waals surface area contributed by atoms with Gasteiger partial charge in [-0.15, -0.1) is 0 Å². The minimum Gasteiger partial charge on any atom is -0.378 e. The highest BCUT2D eigenvalue weighted by Crippen LogP contribution is 2.26. The fourth-order valence-electron chi connectivity index (χ4n) is 2.49. The Morgan fingerprint density at radius 3 is 2.83 bits per heavy atom. The first-order valence-corrected chi connectivity index (χ1v) is 7.35. The van der Waals surface area contributed by atoms with E-state index in [9.17, 15) is 9.59 Å². The largest absolute Gasteiger partial charge is 0.378 e. The second kappa shape index (κ2) is 6.71. The van der Waals surface area contributed by atoms with E-state index in [4.69, 9.17) is 10.5 Å². The van der Waals surface area contributed by atoms with Crippen LogP contribution in [-0.4, -0.2) is 54.7 Å². The predicted octanol–water partition coefficient (Wildman–Crippen LogP) is 0.527. The number of anilines is 1. The molecule has 1 atom stereocenters. The Bertz CT molecular complexity index is 616. The number of nitrogens with zero attached hydrogens (tertiary/aromatic N) is 5. The van der Waals surface area contributed by atoms with Gasteiger partial charge in [0, 0.05) is 19.6 Å². The van der Waals surface area contributed by atoms with E-state index in [2.05, 4.69) is 10.4 Å². The van der Waals surface area contributed by atoms with Crippen LogP contribution in [0.1, 0.15) is 5.56 Å². The molecule has 1 aromatic rings. The Hall–Kier alpha value is -2.52. The minimum atomic E-state index is -0.904. The van der Waals surface area contributed by atoms with Gasteiger partial charge in [0.2, 0.25) is 6.17 Å². The number of morpholine rings is 1. The van der Waals surface area contributed by atoms with E-state index in [1.807, 2.05) is 18.2 Å². The number of amides is 2. The monoisotopic (exact) mass is 318 g/mol. The fourth-order valence-corrected chi connectivity index (χ4v) is 2.49. The SMILES string of the molecule is NCc1cccc(N2N=NN(C(=O)N3CCOCC3)C2C=O)c1. The molecule has 1 aromatic carbocycles. The van der Waals surface area contributed by atoms with Gasteiger partial charge in [-0.05, 0) is 28.1 Å². The summed E-state index contributed by atoms with van der Waals surface area (Å²) in [5.74, 6) is 0. The van der Waals surface area contributed by atoms with Crippen LogP contribution in [0.15, 0.2) is 34.7 Å². The summed E-state index contributed by atoms with van der Waals surface area (Å²) in [6, 6.07) is 6.95. The zero-order chi connectivity index (χ0) is 16.2. The summed E-state index contributed by atoms with van der Waals surface area (Å²) in [5, 5.41) is 10.3. The summed E-state index contributed by atoms with van der Waals surface area (Å²) in [7, 11) is 0. The lowest BCUT2D eigenvalue weighted by atomic mass is 10.2. The van der Waals surface area contributed by atoms with Crippen LogP contribution in [0.2, 0.25) is 0 Å². The topological polar surface area (TPSA) is 104 Å². The number of nitrogens with two attached hydrogens (primary N) is 1. The standard InChI is InChI=1S/C14H18N6O3/c15-9-11-2-1-3-12(8-11)19-13(10-21)20(17-16-19)14(22)18-4-6-23-7-5-18/h1-3,8,10,13H,4-7,9,15H2. The smallest absolute Gasteiger partial charge is 0.344 e. The molecule has 9 nitrogen and oxygen atoms in total. The van der Waals surface area contributed by atoms with Crippen molar-refractivity contribution >= 4 is 18.0 Å². The van der Waals surface area contributed by atoms with E-state index in [-0.39, 0.29) is 6.03 Å². The molecule has 2 aliphatic rings. The molecule has 0 aliphatic carbocycles. The zero-order valence-corrected chi connectivity index (χ0v) is 12.5. The first kappa shape index (κ1) is 15.4. The molecule has 0 spiro atoms. The molecular formula is C14H18N6O3. The van der Waals surface area contributed by atoms with Crippen LogP contribution in [-0.2, 0) is 16.1 Å². The van der Waals surface area contributed by atoms with Crippen molar-refractivity contribution in [1.29, 1.82) is 0 Å². The summed E-state index contributed by atoms with van der Waals surface area (Å²) >= 11 is 0. The molecule has 2 heterocycles. The van der Waals surface area contributed by atoms with Crippen molar-refractivity contribution in [2.75, 3.05) is 31.3 Å². The molecule has 1 saturated heterocycles. The van der Waals surface area contributed by atoms with Crippen molar-refractivity contribution in [1.82, 2.24) is 9.91 Å². The number of carbonyl (C=O) groups excluding carboxylic acids is 2. The molecule has 1 fully saturated rings. The number of hydrogen-bond donors (Lipinski definition) is 1. The van der Waals surface area contributed by atoms with Crippen LogP contribution >= 0.6 is 0 Å². The van der Waals surface area contributed by atoms with Gasteiger partial charge in [-0.25, -0.2) is 9.80 Å². The van der Waals surface area contributed by atoms with E-state index in [1.165, 1.54) is 5.01 Å². The summed E-state index contributed by atoms with van der Waals surface area (Å²) in [5.41, 5.74) is 7.19. The Morgan fingerprint density at radius 1 is 1.35 bits per heavy atom. The summed E-state index contributed by atoms with van der Waals surface area (Å²) in [6.07, 6.45) is -0.258. The highest BCUT2D eigenvalue weighted by molar-refractivity contribution is 5.80. The molecule has 0 saturated carbocycles. The van der Waals surface area contributed by atoms with Crippen molar-refractivity contribution in [3.8, 4) is 0 Å². The molecule has 23 heavy (non-hydrogen) atoms. The molecule has 9 heteroatoms. The third-order valence-electron chi connectivity index (χ3n) is 3.74. The quantitative estimate of drug-likeness (QED) is 0.819. The number of hydrogen-bond acceptors (Lipinski definition) is 7. The van der Waals surface area contributed by atoms with Gasteiger partial charge in [0.15, 0.2) is 6.29 Å². The molecule has 0 aromatic heterocycles. The third kappa shape index (κ3) is 3.01. The fraction of sp³-hybridized carbons (Fsp3) is 0.429. The predicted molar refractivity (Wildman–Crippen MR) is 81.1 cm³/mol. The number of ether oxygens (including phenoxy) is 1. The molecule has 2 N–H and O–H groups in total. The molecular weight excluding hydrogens is 300 g/mol. The summed E-state index contributed by atoms with van der Waals surface area (Å²) in [4.78, 5) is 25.6. The first-order chi connectivity index (χ1) is 11.2. The lowest BCUT2D eigenvalue weighted by Crippen LogP contribution is -2.51. The normalized spacial score (nSPS) is 20.9. The Balaban J connectivity index is 1.78. The lowest BCUT2D eigenvalue weighted by molar-refractivity contribution is -0.111. The number of carbonyl (C=O) groups is 2. The maximum absolute atomic E-state index is 12.5. The highest BCUT2D eigenvalue weighted by Gasteiger charge is 2.37. The van der Waals surface area contributed by atoms with Crippen molar-refractivity contribution in [2.45, 2.75) is 12.7 Å². The Kier molecular flexibility index (Phi) is 4.49. The van der Waals surface area contributed by atoms with Gasteiger partial charge < -0.3 is 15.4 Å². The van der Waals surface area contributed by atoms with Crippen molar-refractivity contribution in [2.24, 2.45) is 16.2 Å². The molecule has 122 valence electrons. The molecule has 2 amide bonds. The molecule has 0 bridgehead atoms. The maximum Gasteiger partial charge on any atom is 0.344 e. The first-order valence-electron chi connectivity index (χ1n) is 7.35. The average Bonchev–Trinajstić information content (AvgIpc) is 3.05. The van der Waals surface area contributed by atoms with Crippen molar-refractivity contribution in [3.05, 3.63) is 29.8 Å². The van der Waals surface area contributed by atoms with E-state index in [0.29, 0.717) is 44.8 Å². The third-order valence-corrected chi connectivity index (χ3v) is 3.74. The second-order valence-corrected chi connectivity index (χ2v) is 5.17. The van der Waals surface area contributed by atoms with Crippen LogP contribution in [0.4, 0.5) is 10.5 Å². The van der Waals surface area contributed by atoms with Gasteiger partial charge in [-0.3, -0.25) is 4.79 Å². The number of rotatable bonds is 3. The van der Waals surface area contributed by atoms with E-state index in [1.54, 1.807) is 11.0 Å². The van der Waals surface area contributed by atoms with Gasteiger partial charge in [0.05, 0.1) is 18.9 Å². The van der Waals surface area contributed by atoms with E-state index in [0.717, 1.165) is 10.6 Å². The zero-order valence-electron chi connectivity index (χ0n) is 12.5. The molecule has 2 aliphatic heterocycles. The van der Waals surface area contributed by atoms with Crippen LogP contribution in [0, 0.1) is 0 Å². The average molecular weight is 318 g/mol.